The van der Waals surface area contributed by atoms with Crippen molar-refractivity contribution in [3.05, 3.63) is 33.3 Å². The van der Waals surface area contributed by atoms with Gasteiger partial charge in [-0.25, -0.2) is 0 Å². The van der Waals surface area contributed by atoms with Gasteiger partial charge in [-0.2, -0.15) is 0 Å². The summed E-state index contributed by atoms with van der Waals surface area (Å²) < 4.78 is 5.99. The van der Waals surface area contributed by atoms with Gasteiger partial charge in [0.05, 0.1) is 11.6 Å². The normalized spacial score (nSPS) is 17.8. The van der Waals surface area contributed by atoms with Crippen molar-refractivity contribution in [2.45, 2.75) is 12.8 Å². The molecule has 0 atom stereocenters. The van der Waals surface area contributed by atoms with Crippen molar-refractivity contribution < 1.29 is 14.6 Å². The number of carbonyl (C=O) groups is 1. The number of carbonyl (C=O) groups excluding carboxylic acids is 1. The number of rotatable bonds is 4. The summed E-state index contributed by atoms with van der Waals surface area (Å²) in [5, 5.41) is 13.0. The topological polar surface area (TPSA) is 58.6 Å². The molecule has 1 aliphatic heterocycles. The molecule has 4 nitrogen and oxygen atoms in total. The molecule has 0 spiro atoms. The highest BCUT2D eigenvalue weighted by Crippen LogP contribution is 2.29. The molecule has 1 saturated heterocycles. The molecule has 1 heterocycles. The highest BCUT2D eigenvalue weighted by atomic mass is 79.9. The molecule has 1 aromatic rings. The van der Waals surface area contributed by atoms with Gasteiger partial charge in [0, 0.05) is 35.2 Å². The molecule has 6 heteroatoms. The Morgan fingerprint density at radius 2 is 2.15 bits per heavy atom. The number of hydrogen-bond donors (Lipinski definition) is 2. The Balaban J connectivity index is 1.98. The zero-order valence-electron chi connectivity index (χ0n) is 11.0. The smallest absolute Gasteiger partial charge is 0.251 e. The van der Waals surface area contributed by atoms with Crippen molar-refractivity contribution in [2.24, 2.45) is 5.41 Å². The summed E-state index contributed by atoms with van der Waals surface area (Å²) in [6, 6.07) is 5.04. The number of amides is 1. The average molecular weight is 363 g/mol. The number of hydrogen-bond acceptors (Lipinski definition) is 3. The number of aliphatic hydroxyl groups excluding tert-OH is 1. The van der Waals surface area contributed by atoms with Gasteiger partial charge in [0.2, 0.25) is 0 Å². The zero-order valence-corrected chi connectivity index (χ0v) is 13.3. The second-order valence-corrected chi connectivity index (χ2v) is 6.34. The molecule has 0 unspecified atom stereocenters. The monoisotopic (exact) mass is 361 g/mol. The zero-order chi connectivity index (χ0) is 14.6. The first-order chi connectivity index (χ1) is 9.56. The molecule has 1 aromatic carbocycles. The highest BCUT2D eigenvalue weighted by Gasteiger charge is 2.32. The molecule has 2 rings (SSSR count). The van der Waals surface area contributed by atoms with Crippen molar-refractivity contribution in [2.75, 3.05) is 26.4 Å². The molecule has 0 aromatic heterocycles. The molecule has 0 bridgehead atoms. The molecular weight excluding hydrogens is 346 g/mol. The molecule has 1 amide bonds. The van der Waals surface area contributed by atoms with Crippen molar-refractivity contribution in [3.63, 3.8) is 0 Å². The third-order valence-corrected chi connectivity index (χ3v) is 4.91. The van der Waals surface area contributed by atoms with Crippen LogP contribution in [0.5, 0.6) is 0 Å². The molecule has 110 valence electrons. The molecule has 0 radical (unpaired) electrons. The van der Waals surface area contributed by atoms with Crippen LogP contribution >= 0.6 is 27.5 Å². The lowest BCUT2D eigenvalue weighted by Gasteiger charge is -2.35. The van der Waals surface area contributed by atoms with Gasteiger partial charge < -0.3 is 15.2 Å². The van der Waals surface area contributed by atoms with Crippen molar-refractivity contribution in [1.82, 2.24) is 5.32 Å². The minimum absolute atomic E-state index is 0.0565. The summed E-state index contributed by atoms with van der Waals surface area (Å²) >= 11 is 9.20. The Morgan fingerprint density at radius 1 is 1.45 bits per heavy atom. The summed E-state index contributed by atoms with van der Waals surface area (Å²) in [6.07, 6.45) is 1.52. The summed E-state index contributed by atoms with van der Waals surface area (Å²) in [5.74, 6) is -0.165. The first-order valence-corrected chi connectivity index (χ1v) is 7.65. The maximum atomic E-state index is 12.1. The lowest BCUT2D eigenvalue weighted by Crippen LogP contribution is -2.43. The third-order valence-electron chi connectivity index (χ3n) is 3.69. The minimum Gasteiger partial charge on any atom is -0.396 e. The number of nitrogens with one attached hydrogen (secondary N) is 1. The van der Waals surface area contributed by atoms with E-state index in [1.807, 2.05) is 0 Å². The molecule has 0 aliphatic carbocycles. The number of benzene rings is 1. The predicted octanol–water partition coefficient (Wildman–Crippen LogP) is 2.62. The molecule has 20 heavy (non-hydrogen) atoms. The van der Waals surface area contributed by atoms with E-state index in [-0.39, 0.29) is 17.9 Å². The van der Waals surface area contributed by atoms with E-state index in [4.69, 9.17) is 16.3 Å². The van der Waals surface area contributed by atoms with Gasteiger partial charge in [0.15, 0.2) is 0 Å². The van der Waals surface area contributed by atoms with E-state index >= 15 is 0 Å². The number of ether oxygens (including phenoxy) is 1. The average Bonchev–Trinajstić information content (AvgIpc) is 2.48. The van der Waals surface area contributed by atoms with Gasteiger partial charge in [-0.05, 0) is 47.0 Å². The summed E-state index contributed by atoms with van der Waals surface area (Å²) in [5.41, 5.74) is 0.277. The van der Waals surface area contributed by atoms with Crippen LogP contribution in [-0.4, -0.2) is 37.4 Å². The van der Waals surface area contributed by atoms with E-state index in [1.165, 1.54) is 0 Å². The maximum Gasteiger partial charge on any atom is 0.251 e. The van der Waals surface area contributed by atoms with E-state index in [9.17, 15) is 9.90 Å². The Labute approximate surface area is 131 Å². The quantitative estimate of drug-likeness (QED) is 0.865. The van der Waals surface area contributed by atoms with Gasteiger partial charge in [0.25, 0.3) is 5.91 Å². The first-order valence-electron chi connectivity index (χ1n) is 6.48. The van der Waals surface area contributed by atoms with Crippen molar-refractivity contribution >= 4 is 33.4 Å². The third kappa shape index (κ3) is 3.73. The lowest BCUT2D eigenvalue weighted by atomic mass is 9.81. The minimum atomic E-state index is -0.266. The fraction of sp³-hybridized carbons (Fsp3) is 0.500. The molecule has 2 N–H and O–H groups in total. The van der Waals surface area contributed by atoms with E-state index in [1.54, 1.807) is 18.2 Å². The van der Waals surface area contributed by atoms with E-state index < -0.39 is 0 Å². The Bertz CT molecular complexity index is 489. The van der Waals surface area contributed by atoms with Gasteiger partial charge in [-0.15, -0.1) is 0 Å². The Kier molecular flexibility index (Phi) is 5.43. The second kappa shape index (κ2) is 6.89. The van der Waals surface area contributed by atoms with Gasteiger partial charge in [-0.1, -0.05) is 11.6 Å². The Hall–Kier alpha value is -0.620. The molecule has 1 fully saturated rings. The van der Waals surface area contributed by atoms with Crippen LogP contribution in [0.3, 0.4) is 0 Å². The predicted molar refractivity (Wildman–Crippen MR) is 81.1 cm³/mol. The van der Waals surface area contributed by atoms with Gasteiger partial charge in [0.1, 0.15) is 0 Å². The van der Waals surface area contributed by atoms with Crippen LogP contribution in [0.2, 0.25) is 5.02 Å². The molecule has 1 aliphatic rings. The lowest BCUT2D eigenvalue weighted by molar-refractivity contribution is -0.0146. The van der Waals surface area contributed by atoms with Crippen LogP contribution in [0, 0.1) is 5.41 Å². The van der Waals surface area contributed by atoms with E-state index in [0.29, 0.717) is 34.8 Å². The second-order valence-electron chi connectivity index (χ2n) is 5.08. The van der Waals surface area contributed by atoms with Gasteiger partial charge in [-0.3, -0.25) is 4.79 Å². The standard InChI is InChI=1S/C14H17BrClNO3/c15-11-7-10(1-2-12(11)16)13(19)17-8-14(9-18)3-5-20-6-4-14/h1-2,7,18H,3-6,8-9H2,(H,17,19). The van der Waals surface area contributed by atoms with Crippen LogP contribution < -0.4 is 5.32 Å². The largest absolute Gasteiger partial charge is 0.396 e. The molecular formula is C14H17BrClNO3. The number of halogens is 2. The van der Waals surface area contributed by atoms with E-state index in [0.717, 1.165) is 12.8 Å². The highest BCUT2D eigenvalue weighted by molar-refractivity contribution is 9.10. The summed E-state index contributed by atoms with van der Waals surface area (Å²) in [7, 11) is 0. The fourth-order valence-corrected chi connectivity index (χ4v) is 2.70. The summed E-state index contributed by atoms with van der Waals surface area (Å²) in [4.78, 5) is 12.1. The molecule has 0 saturated carbocycles. The first kappa shape index (κ1) is 15.8. The maximum absolute atomic E-state index is 12.1. The van der Waals surface area contributed by atoms with Crippen molar-refractivity contribution in [3.8, 4) is 0 Å². The van der Waals surface area contributed by atoms with Crippen LogP contribution in [0.15, 0.2) is 22.7 Å². The summed E-state index contributed by atoms with van der Waals surface area (Å²) in [6.45, 7) is 1.76. The van der Waals surface area contributed by atoms with Gasteiger partial charge >= 0.3 is 0 Å². The van der Waals surface area contributed by atoms with Crippen LogP contribution in [-0.2, 0) is 4.74 Å². The van der Waals surface area contributed by atoms with Crippen LogP contribution in [0.25, 0.3) is 0 Å². The Morgan fingerprint density at radius 3 is 2.75 bits per heavy atom. The number of aliphatic hydroxyl groups is 1. The van der Waals surface area contributed by atoms with Crippen molar-refractivity contribution in [1.29, 1.82) is 0 Å². The van der Waals surface area contributed by atoms with E-state index in [2.05, 4.69) is 21.2 Å². The SMILES string of the molecule is O=C(NCC1(CO)CCOCC1)c1ccc(Cl)c(Br)c1. The fourth-order valence-electron chi connectivity index (χ4n) is 2.20. The van der Waals surface area contributed by atoms with Crippen LogP contribution in [0.1, 0.15) is 23.2 Å². The van der Waals surface area contributed by atoms with Crippen LogP contribution in [0.4, 0.5) is 0 Å².